The van der Waals surface area contributed by atoms with Crippen LogP contribution in [0.5, 0.6) is 0 Å². The molecule has 0 saturated heterocycles. The minimum Gasteiger partial charge on any atom is -0.211 e. The molecule has 2 rings (SSSR count). The monoisotopic (exact) mass is 273 g/mol. The molecule has 0 amide bonds. The van der Waals surface area contributed by atoms with Crippen molar-refractivity contribution < 1.29 is 8.42 Å². The van der Waals surface area contributed by atoms with E-state index in [1.54, 1.807) is 30.3 Å². The summed E-state index contributed by atoms with van der Waals surface area (Å²) in [4.78, 5) is 0.321. The second kappa shape index (κ2) is 4.96. The first-order chi connectivity index (χ1) is 8.08. The molecule has 1 fully saturated rings. The zero-order chi connectivity index (χ0) is 12.4. The second-order valence-electron chi connectivity index (χ2n) is 4.58. The SMILES string of the molecule is O=S(=O)(NCC1(CCCl)CC1)c1ccccc1. The average Bonchev–Trinajstić information content (AvgIpc) is 3.09. The number of hydrogen-bond donors (Lipinski definition) is 1. The maximum Gasteiger partial charge on any atom is 0.240 e. The molecule has 0 bridgehead atoms. The summed E-state index contributed by atoms with van der Waals surface area (Å²) in [6, 6.07) is 8.45. The van der Waals surface area contributed by atoms with Crippen LogP contribution in [0.25, 0.3) is 0 Å². The highest BCUT2D eigenvalue weighted by atomic mass is 35.5. The predicted molar refractivity (Wildman–Crippen MR) is 68.6 cm³/mol. The average molecular weight is 274 g/mol. The van der Waals surface area contributed by atoms with E-state index in [4.69, 9.17) is 11.6 Å². The van der Waals surface area contributed by atoms with E-state index in [0.717, 1.165) is 19.3 Å². The predicted octanol–water partition coefficient (Wildman–Crippen LogP) is 2.37. The first-order valence-corrected chi connectivity index (χ1v) is 7.70. The van der Waals surface area contributed by atoms with E-state index in [1.807, 2.05) is 0 Å². The Hall–Kier alpha value is -0.580. The van der Waals surface area contributed by atoms with E-state index < -0.39 is 10.0 Å². The minimum absolute atomic E-state index is 0.115. The van der Waals surface area contributed by atoms with Gasteiger partial charge in [-0.25, -0.2) is 13.1 Å². The molecule has 0 heterocycles. The molecule has 1 saturated carbocycles. The summed E-state index contributed by atoms with van der Waals surface area (Å²) < 4.78 is 26.6. The summed E-state index contributed by atoms with van der Waals surface area (Å²) in [7, 11) is -3.36. The maximum absolute atomic E-state index is 12.0. The molecule has 1 aromatic carbocycles. The Kier molecular flexibility index (Phi) is 3.76. The molecule has 17 heavy (non-hydrogen) atoms. The normalized spacial score (nSPS) is 17.9. The molecule has 1 aromatic rings. The molecule has 3 nitrogen and oxygen atoms in total. The molecule has 1 N–H and O–H groups in total. The van der Waals surface area contributed by atoms with Gasteiger partial charge in [-0.05, 0) is 36.8 Å². The molecule has 0 aliphatic heterocycles. The van der Waals surface area contributed by atoms with Crippen LogP contribution < -0.4 is 4.72 Å². The van der Waals surface area contributed by atoms with E-state index in [9.17, 15) is 8.42 Å². The molecule has 94 valence electrons. The number of benzene rings is 1. The first kappa shape index (κ1) is 12.9. The van der Waals surface area contributed by atoms with Gasteiger partial charge in [0.05, 0.1) is 4.90 Å². The molecule has 5 heteroatoms. The molecular formula is C12H16ClNO2S. The first-order valence-electron chi connectivity index (χ1n) is 5.69. The summed E-state index contributed by atoms with van der Waals surface area (Å²) in [5, 5.41) is 0. The Morgan fingerprint density at radius 2 is 1.88 bits per heavy atom. The quantitative estimate of drug-likeness (QED) is 0.809. The van der Waals surface area contributed by atoms with Crippen molar-refractivity contribution in [1.29, 1.82) is 0 Å². The topological polar surface area (TPSA) is 46.2 Å². The number of rotatable bonds is 6. The van der Waals surface area contributed by atoms with Crippen molar-refractivity contribution in [3.05, 3.63) is 30.3 Å². The van der Waals surface area contributed by atoms with Gasteiger partial charge in [-0.1, -0.05) is 18.2 Å². The number of halogens is 1. The molecule has 0 unspecified atom stereocenters. The molecule has 1 aliphatic carbocycles. The van der Waals surface area contributed by atoms with Gasteiger partial charge in [0.25, 0.3) is 0 Å². The summed E-state index contributed by atoms with van der Waals surface area (Å²) >= 11 is 5.72. The van der Waals surface area contributed by atoms with Crippen LogP contribution in [0.4, 0.5) is 0 Å². The fourth-order valence-corrected chi connectivity index (χ4v) is 3.40. The van der Waals surface area contributed by atoms with Crippen LogP contribution in [0.2, 0.25) is 0 Å². The zero-order valence-corrected chi connectivity index (χ0v) is 11.1. The van der Waals surface area contributed by atoms with Crippen molar-refractivity contribution >= 4 is 21.6 Å². The van der Waals surface area contributed by atoms with Crippen LogP contribution in [0.3, 0.4) is 0 Å². The number of nitrogens with one attached hydrogen (secondary N) is 1. The molecule has 0 atom stereocenters. The highest BCUT2D eigenvalue weighted by Gasteiger charge is 2.42. The van der Waals surface area contributed by atoms with E-state index in [1.165, 1.54) is 0 Å². The lowest BCUT2D eigenvalue weighted by atomic mass is 10.1. The third-order valence-corrected chi connectivity index (χ3v) is 4.88. The van der Waals surface area contributed by atoms with Crippen LogP contribution in [0.1, 0.15) is 19.3 Å². The lowest BCUT2D eigenvalue weighted by Crippen LogP contribution is -2.30. The van der Waals surface area contributed by atoms with E-state index in [-0.39, 0.29) is 5.41 Å². The van der Waals surface area contributed by atoms with Gasteiger partial charge in [-0.15, -0.1) is 11.6 Å². The third-order valence-electron chi connectivity index (χ3n) is 3.27. The second-order valence-corrected chi connectivity index (χ2v) is 6.72. The molecule has 0 aromatic heterocycles. The van der Waals surface area contributed by atoms with Gasteiger partial charge in [-0.2, -0.15) is 0 Å². The van der Waals surface area contributed by atoms with Gasteiger partial charge in [0.15, 0.2) is 0 Å². The number of hydrogen-bond acceptors (Lipinski definition) is 2. The summed E-state index contributed by atoms with van der Waals surface area (Å²) in [6.07, 6.45) is 3.01. The Morgan fingerprint density at radius 3 is 2.41 bits per heavy atom. The van der Waals surface area contributed by atoms with Gasteiger partial charge in [0.1, 0.15) is 0 Å². The number of sulfonamides is 1. The van der Waals surface area contributed by atoms with Crippen LogP contribution in [0, 0.1) is 5.41 Å². The lowest BCUT2D eigenvalue weighted by molar-refractivity contribution is 0.478. The van der Waals surface area contributed by atoms with Crippen molar-refractivity contribution in [3.63, 3.8) is 0 Å². The highest BCUT2D eigenvalue weighted by molar-refractivity contribution is 7.89. The van der Waals surface area contributed by atoms with Crippen molar-refractivity contribution in [1.82, 2.24) is 4.72 Å². The van der Waals surface area contributed by atoms with E-state index >= 15 is 0 Å². The van der Waals surface area contributed by atoms with Gasteiger partial charge in [0.2, 0.25) is 10.0 Å². The van der Waals surface area contributed by atoms with Gasteiger partial charge >= 0.3 is 0 Å². The fraction of sp³-hybridized carbons (Fsp3) is 0.500. The Balaban J connectivity index is 2.00. The molecule has 0 spiro atoms. The number of alkyl halides is 1. The standard InChI is InChI=1S/C12H16ClNO2S/c13-9-8-12(6-7-12)10-14-17(15,16)11-4-2-1-3-5-11/h1-5,14H,6-10H2. The summed E-state index contributed by atoms with van der Waals surface area (Å²) in [6.45, 7) is 0.497. The summed E-state index contributed by atoms with van der Waals surface area (Å²) in [5.74, 6) is 0.590. The lowest BCUT2D eigenvalue weighted by Gasteiger charge is -2.14. The van der Waals surface area contributed by atoms with Crippen LogP contribution in [-0.2, 0) is 10.0 Å². The van der Waals surface area contributed by atoms with Crippen molar-refractivity contribution in [2.75, 3.05) is 12.4 Å². The third kappa shape index (κ3) is 3.21. The fourth-order valence-electron chi connectivity index (χ4n) is 1.82. The van der Waals surface area contributed by atoms with Crippen molar-refractivity contribution in [2.45, 2.75) is 24.2 Å². The zero-order valence-electron chi connectivity index (χ0n) is 9.52. The van der Waals surface area contributed by atoms with E-state index in [2.05, 4.69) is 4.72 Å². The Bertz CT molecular complexity index is 469. The van der Waals surface area contributed by atoms with Gasteiger partial charge in [-0.3, -0.25) is 0 Å². The molecule has 1 aliphatic rings. The minimum atomic E-state index is -3.36. The summed E-state index contributed by atoms with van der Waals surface area (Å²) in [5.41, 5.74) is 0.115. The van der Waals surface area contributed by atoms with E-state index in [0.29, 0.717) is 17.3 Å². The Labute approximate surface area is 107 Å². The Morgan fingerprint density at radius 1 is 1.24 bits per heavy atom. The highest BCUT2D eigenvalue weighted by Crippen LogP contribution is 2.48. The molecular weight excluding hydrogens is 258 g/mol. The van der Waals surface area contributed by atoms with Gasteiger partial charge in [0, 0.05) is 12.4 Å². The maximum atomic E-state index is 12.0. The van der Waals surface area contributed by atoms with Crippen molar-refractivity contribution in [3.8, 4) is 0 Å². The van der Waals surface area contributed by atoms with Crippen molar-refractivity contribution in [2.24, 2.45) is 5.41 Å². The smallest absolute Gasteiger partial charge is 0.211 e. The largest absolute Gasteiger partial charge is 0.240 e. The van der Waals surface area contributed by atoms with Crippen LogP contribution >= 0.6 is 11.6 Å². The van der Waals surface area contributed by atoms with Crippen LogP contribution in [0.15, 0.2) is 35.2 Å². The van der Waals surface area contributed by atoms with Gasteiger partial charge < -0.3 is 0 Å². The van der Waals surface area contributed by atoms with Crippen LogP contribution in [-0.4, -0.2) is 20.8 Å². The molecule has 0 radical (unpaired) electrons.